The Morgan fingerprint density at radius 3 is 2.80 bits per heavy atom. The normalized spacial score (nSPS) is 12.9. The van der Waals surface area contributed by atoms with E-state index in [2.05, 4.69) is 30.9 Å². The van der Waals surface area contributed by atoms with Gasteiger partial charge >= 0.3 is 6.09 Å². The van der Waals surface area contributed by atoms with Crippen molar-refractivity contribution in [1.29, 1.82) is 0 Å². The minimum absolute atomic E-state index is 0.0152. The summed E-state index contributed by atoms with van der Waals surface area (Å²) in [5.41, 5.74) is 4.14. The van der Waals surface area contributed by atoms with Crippen LogP contribution in [0.3, 0.4) is 0 Å². The number of aromatic nitrogens is 5. The average molecular weight is 476 g/mol. The topological polar surface area (TPSA) is 172 Å². The third kappa shape index (κ3) is 4.64. The number of nitrogens with one attached hydrogen (secondary N) is 3. The van der Waals surface area contributed by atoms with Crippen LogP contribution >= 0.6 is 0 Å². The molecule has 2 aromatic heterocycles. The minimum atomic E-state index is -0.641. The van der Waals surface area contributed by atoms with Gasteiger partial charge in [0.25, 0.3) is 11.6 Å². The second kappa shape index (κ2) is 9.21. The number of aromatic amines is 2. The van der Waals surface area contributed by atoms with Gasteiger partial charge in [-0.25, -0.2) is 9.89 Å². The fourth-order valence-corrected chi connectivity index (χ4v) is 3.92. The van der Waals surface area contributed by atoms with Crippen LogP contribution in [0.4, 0.5) is 10.5 Å². The van der Waals surface area contributed by atoms with Crippen molar-refractivity contribution in [3.8, 4) is 5.88 Å². The summed E-state index contributed by atoms with van der Waals surface area (Å²) < 4.78 is 5.38. The van der Waals surface area contributed by atoms with Crippen LogP contribution < -0.4 is 10.1 Å². The Bertz CT molecular complexity index is 1410. The van der Waals surface area contributed by atoms with Crippen molar-refractivity contribution in [1.82, 2.24) is 35.8 Å². The highest BCUT2D eigenvalue weighted by molar-refractivity contribution is 5.97. The second-order valence-corrected chi connectivity index (χ2v) is 7.99. The number of nitrogens with zero attached hydrogens (tertiary/aromatic N) is 5. The number of rotatable bonds is 6. The molecule has 13 heteroatoms. The number of hydrogen-bond donors (Lipinski definition) is 3. The summed E-state index contributed by atoms with van der Waals surface area (Å²) in [5, 5.41) is 30.8. The van der Waals surface area contributed by atoms with Crippen molar-refractivity contribution in [2.45, 2.75) is 19.4 Å². The van der Waals surface area contributed by atoms with Gasteiger partial charge in [0.1, 0.15) is 5.52 Å². The zero-order chi connectivity index (χ0) is 24.4. The molecule has 0 fully saturated rings. The van der Waals surface area contributed by atoms with Gasteiger partial charge in [-0.1, -0.05) is 17.3 Å². The zero-order valence-corrected chi connectivity index (χ0v) is 18.4. The molecular formula is C22H20N8O5. The molecule has 2 amide bonds. The Hall–Kier alpha value is -4.81. The van der Waals surface area contributed by atoms with Gasteiger partial charge in [0.2, 0.25) is 5.88 Å². The highest BCUT2D eigenvalue weighted by Crippen LogP contribution is 2.26. The summed E-state index contributed by atoms with van der Waals surface area (Å²) in [6, 6.07) is 11.3. The molecule has 0 saturated carbocycles. The Kier molecular flexibility index (Phi) is 5.79. The van der Waals surface area contributed by atoms with E-state index in [1.54, 1.807) is 35.2 Å². The number of benzene rings is 2. The fraction of sp³-hybridized carbons (Fsp3) is 0.227. The summed E-state index contributed by atoms with van der Waals surface area (Å²) in [6.45, 7) is 1.03. The van der Waals surface area contributed by atoms with E-state index in [0.29, 0.717) is 42.7 Å². The quantitative estimate of drug-likeness (QED) is 0.280. The molecule has 1 aliphatic rings. The predicted molar refractivity (Wildman–Crippen MR) is 122 cm³/mol. The number of fused-ring (bicyclic) bond motifs is 2. The van der Waals surface area contributed by atoms with Gasteiger partial charge in [0, 0.05) is 36.3 Å². The molecular weight excluding hydrogens is 456 g/mol. The molecule has 0 bridgehead atoms. The Morgan fingerprint density at radius 1 is 1.17 bits per heavy atom. The highest BCUT2D eigenvalue weighted by atomic mass is 16.6. The monoisotopic (exact) mass is 476 g/mol. The summed E-state index contributed by atoms with van der Waals surface area (Å²) in [7, 11) is 0. The molecule has 0 radical (unpaired) electrons. The Balaban J connectivity index is 1.15. The van der Waals surface area contributed by atoms with E-state index in [-0.39, 0.29) is 24.0 Å². The zero-order valence-electron chi connectivity index (χ0n) is 18.4. The lowest BCUT2D eigenvalue weighted by atomic mass is 10.1. The summed E-state index contributed by atoms with van der Waals surface area (Å²) in [4.78, 5) is 37.1. The molecule has 0 saturated heterocycles. The van der Waals surface area contributed by atoms with E-state index >= 15 is 0 Å². The lowest BCUT2D eigenvalue weighted by Crippen LogP contribution is -2.36. The van der Waals surface area contributed by atoms with Crippen molar-refractivity contribution in [2.24, 2.45) is 0 Å². The molecule has 0 atom stereocenters. The number of carbonyl (C=O) groups is 2. The maximum atomic E-state index is 12.9. The van der Waals surface area contributed by atoms with Gasteiger partial charge in [0.05, 0.1) is 22.7 Å². The second-order valence-electron chi connectivity index (χ2n) is 7.99. The first-order valence-electron chi connectivity index (χ1n) is 10.8. The number of H-pyrrole nitrogens is 2. The van der Waals surface area contributed by atoms with Gasteiger partial charge in [-0.15, -0.1) is 5.10 Å². The van der Waals surface area contributed by atoms with Gasteiger partial charge in [-0.3, -0.25) is 20.0 Å². The van der Waals surface area contributed by atoms with Crippen LogP contribution in [0, 0.1) is 10.1 Å². The smallest absolute Gasteiger partial charge is 0.391 e. The SMILES string of the molecule is O=C(NCCc1ccc([N+](=O)[O-])cc1)Oc1[nH]nc2c1CCN(C(=O)c1ccc3[nH]nnc3c1)C2. The molecule has 0 spiro atoms. The highest BCUT2D eigenvalue weighted by Gasteiger charge is 2.27. The first-order valence-corrected chi connectivity index (χ1v) is 10.8. The number of ether oxygens (including phenoxy) is 1. The molecule has 2 aromatic carbocycles. The number of nitro groups is 1. The molecule has 35 heavy (non-hydrogen) atoms. The Morgan fingerprint density at radius 2 is 2.00 bits per heavy atom. The van der Waals surface area contributed by atoms with Crippen LogP contribution in [0.15, 0.2) is 42.5 Å². The molecule has 0 unspecified atom stereocenters. The van der Waals surface area contributed by atoms with Crippen molar-refractivity contribution in [2.75, 3.05) is 13.1 Å². The van der Waals surface area contributed by atoms with Crippen LogP contribution in [0.25, 0.3) is 11.0 Å². The third-order valence-corrected chi connectivity index (χ3v) is 5.77. The molecule has 3 heterocycles. The van der Waals surface area contributed by atoms with Crippen molar-refractivity contribution in [3.63, 3.8) is 0 Å². The molecule has 1 aliphatic heterocycles. The van der Waals surface area contributed by atoms with Gasteiger partial charge < -0.3 is 15.0 Å². The standard InChI is InChI=1S/C22H20N8O5/c31-21(14-3-6-17-18(11-14)26-28-25-17)29-10-8-16-19(12-29)24-27-20(16)35-22(32)23-9-7-13-1-4-15(5-2-13)30(33)34/h1-6,11H,7-10,12H2,(H,23,32)(H,24,27)(H,25,26,28). The van der Waals surface area contributed by atoms with Gasteiger partial charge in [-0.2, -0.15) is 5.10 Å². The summed E-state index contributed by atoms with van der Waals surface area (Å²) >= 11 is 0. The van der Waals surface area contributed by atoms with E-state index < -0.39 is 11.0 Å². The first kappa shape index (κ1) is 22.0. The van der Waals surface area contributed by atoms with Crippen LogP contribution in [0.2, 0.25) is 0 Å². The molecule has 178 valence electrons. The molecule has 0 aliphatic carbocycles. The third-order valence-electron chi connectivity index (χ3n) is 5.77. The lowest BCUT2D eigenvalue weighted by molar-refractivity contribution is -0.384. The van der Waals surface area contributed by atoms with E-state index in [1.165, 1.54) is 12.1 Å². The maximum absolute atomic E-state index is 12.9. The van der Waals surface area contributed by atoms with Crippen LogP contribution in [0.5, 0.6) is 5.88 Å². The van der Waals surface area contributed by atoms with Crippen LogP contribution in [-0.4, -0.2) is 60.5 Å². The average Bonchev–Trinajstić information content (AvgIpc) is 3.50. The molecule has 13 nitrogen and oxygen atoms in total. The number of hydrogen-bond acceptors (Lipinski definition) is 8. The number of non-ortho nitro benzene ring substituents is 1. The van der Waals surface area contributed by atoms with Crippen LogP contribution in [0.1, 0.15) is 27.2 Å². The minimum Gasteiger partial charge on any atom is -0.391 e. The van der Waals surface area contributed by atoms with Crippen molar-refractivity contribution in [3.05, 3.63) is 75.0 Å². The van der Waals surface area contributed by atoms with Gasteiger partial charge in [-0.05, 0) is 36.6 Å². The first-order chi connectivity index (χ1) is 17.0. The van der Waals surface area contributed by atoms with Crippen LogP contribution in [-0.2, 0) is 19.4 Å². The van der Waals surface area contributed by atoms with Crippen molar-refractivity contribution >= 4 is 28.7 Å². The Labute approximate surface area is 197 Å². The van der Waals surface area contributed by atoms with Crippen molar-refractivity contribution < 1.29 is 19.2 Å². The molecule has 4 aromatic rings. The summed E-state index contributed by atoms with van der Waals surface area (Å²) in [5.74, 6) is 0.110. The number of carbonyl (C=O) groups excluding carboxylic acids is 2. The maximum Gasteiger partial charge on any atom is 0.413 e. The summed E-state index contributed by atoms with van der Waals surface area (Å²) in [6.07, 6.45) is 0.332. The lowest BCUT2D eigenvalue weighted by Gasteiger charge is -2.26. The van der Waals surface area contributed by atoms with Gasteiger partial charge in [0.15, 0.2) is 0 Å². The molecule has 5 rings (SSSR count). The van der Waals surface area contributed by atoms with E-state index in [4.69, 9.17) is 4.74 Å². The number of nitro benzene ring substituents is 1. The fourth-order valence-electron chi connectivity index (χ4n) is 3.92. The predicted octanol–water partition coefficient (Wildman–Crippen LogP) is 2.12. The number of amides is 2. The van der Waals surface area contributed by atoms with E-state index in [0.717, 1.165) is 16.6 Å². The molecule has 3 N–H and O–H groups in total. The van der Waals surface area contributed by atoms with E-state index in [9.17, 15) is 19.7 Å². The largest absolute Gasteiger partial charge is 0.413 e. The van der Waals surface area contributed by atoms with E-state index in [1.807, 2.05) is 0 Å².